The fourth-order valence-corrected chi connectivity index (χ4v) is 3.48. The summed E-state index contributed by atoms with van der Waals surface area (Å²) in [6.45, 7) is 1.59. The molecule has 1 saturated heterocycles. The number of nitrogens with one attached hydrogen (secondary N) is 1. The average Bonchev–Trinajstić information content (AvgIpc) is 2.51. The lowest BCUT2D eigenvalue weighted by Crippen LogP contribution is -2.43. The number of carbonyl (C=O) groups is 1. The third kappa shape index (κ3) is 5.34. The van der Waals surface area contributed by atoms with Crippen LogP contribution in [-0.4, -0.2) is 54.5 Å². The van der Waals surface area contributed by atoms with Crippen LogP contribution in [-0.2, 0) is 21.2 Å². The van der Waals surface area contributed by atoms with E-state index in [1.54, 1.807) is 18.6 Å². The summed E-state index contributed by atoms with van der Waals surface area (Å²) in [5, 5.41) is 2.89. The van der Waals surface area contributed by atoms with E-state index in [1.807, 2.05) is 0 Å². The summed E-state index contributed by atoms with van der Waals surface area (Å²) in [5.41, 5.74) is 0.790. The van der Waals surface area contributed by atoms with Crippen molar-refractivity contribution in [1.29, 1.82) is 0 Å². The van der Waals surface area contributed by atoms with Gasteiger partial charge in [-0.05, 0) is 25.2 Å². The highest BCUT2D eigenvalue weighted by Crippen LogP contribution is 2.17. The molecule has 8 heteroatoms. The third-order valence-electron chi connectivity index (χ3n) is 3.76. The Morgan fingerprint density at radius 2 is 2.27 bits per heavy atom. The lowest BCUT2D eigenvalue weighted by molar-refractivity contribution is -0.121. The minimum atomic E-state index is -3.14. The number of piperidine rings is 1. The summed E-state index contributed by atoms with van der Waals surface area (Å²) in [5.74, 6) is 0.145. The second kappa shape index (κ2) is 7.64. The molecule has 2 rings (SSSR count). The number of hydrogen-bond acceptors (Lipinski definition) is 5. The Kier molecular flexibility index (Phi) is 5.84. The Balaban J connectivity index is 1.72. The van der Waals surface area contributed by atoms with E-state index in [9.17, 15) is 13.2 Å². The molecule has 1 aliphatic rings. The van der Waals surface area contributed by atoms with Crippen LogP contribution >= 0.6 is 0 Å². The molecule has 1 atom stereocenters. The van der Waals surface area contributed by atoms with Gasteiger partial charge >= 0.3 is 0 Å². The molecule has 22 heavy (non-hydrogen) atoms. The maximum absolute atomic E-state index is 11.8. The maximum atomic E-state index is 11.8. The van der Waals surface area contributed by atoms with E-state index in [1.165, 1.54) is 10.6 Å². The molecule has 0 aliphatic carbocycles. The van der Waals surface area contributed by atoms with E-state index in [-0.39, 0.29) is 11.8 Å². The molecular formula is C14H22N4O3S. The van der Waals surface area contributed by atoms with E-state index < -0.39 is 10.0 Å². The first-order valence-electron chi connectivity index (χ1n) is 7.42. The highest BCUT2D eigenvalue weighted by Gasteiger charge is 2.25. The van der Waals surface area contributed by atoms with Crippen LogP contribution in [0.2, 0.25) is 0 Å². The number of amides is 1. The van der Waals surface area contributed by atoms with Crippen molar-refractivity contribution in [2.45, 2.75) is 25.7 Å². The molecule has 0 radical (unpaired) electrons. The number of nitrogens with zero attached hydrogens (tertiary/aromatic N) is 3. The van der Waals surface area contributed by atoms with Gasteiger partial charge in [-0.2, -0.15) is 0 Å². The fraction of sp³-hybridized carbons (Fsp3) is 0.643. The lowest BCUT2D eigenvalue weighted by Gasteiger charge is -2.30. The van der Waals surface area contributed by atoms with Gasteiger partial charge in [0.15, 0.2) is 0 Å². The van der Waals surface area contributed by atoms with E-state index in [2.05, 4.69) is 15.3 Å². The molecule has 1 aromatic heterocycles. The molecule has 122 valence electrons. The normalized spacial score (nSPS) is 19.8. The summed E-state index contributed by atoms with van der Waals surface area (Å²) < 4.78 is 24.6. The van der Waals surface area contributed by atoms with Crippen molar-refractivity contribution in [3.63, 3.8) is 0 Å². The van der Waals surface area contributed by atoms with Crippen LogP contribution in [0.5, 0.6) is 0 Å². The van der Waals surface area contributed by atoms with Gasteiger partial charge in [-0.3, -0.25) is 14.8 Å². The topological polar surface area (TPSA) is 92.3 Å². The number of sulfonamides is 1. The van der Waals surface area contributed by atoms with Gasteiger partial charge in [0, 0.05) is 44.6 Å². The zero-order valence-electron chi connectivity index (χ0n) is 12.7. The molecular weight excluding hydrogens is 304 g/mol. The molecule has 0 aromatic carbocycles. The van der Waals surface area contributed by atoms with Crippen molar-refractivity contribution in [3.8, 4) is 0 Å². The number of aromatic nitrogens is 2. The van der Waals surface area contributed by atoms with E-state index in [0.717, 1.165) is 18.5 Å². The monoisotopic (exact) mass is 326 g/mol. The first-order valence-corrected chi connectivity index (χ1v) is 9.26. The second-order valence-electron chi connectivity index (χ2n) is 5.63. The predicted molar refractivity (Wildman–Crippen MR) is 82.5 cm³/mol. The van der Waals surface area contributed by atoms with Gasteiger partial charge < -0.3 is 5.32 Å². The second-order valence-corrected chi connectivity index (χ2v) is 7.61. The fourth-order valence-electron chi connectivity index (χ4n) is 2.54. The van der Waals surface area contributed by atoms with Crippen molar-refractivity contribution >= 4 is 15.9 Å². The average molecular weight is 326 g/mol. The highest BCUT2D eigenvalue weighted by molar-refractivity contribution is 7.88. The summed E-state index contributed by atoms with van der Waals surface area (Å²) >= 11 is 0. The van der Waals surface area contributed by atoms with Crippen molar-refractivity contribution in [2.24, 2.45) is 5.92 Å². The molecule has 1 fully saturated rings. The molecule has 1 aliphatic heterocycles. The van der Waals surface area contributed by atoms with Gasteiger partial charge in [0.25, 0.3) is 0 Å². The van der Waals surface area contributed by atoms with Crippen LogP contribution in [0.4, 0.5) is 0 Å². The highest BCUT2D eigenvalue weighted by atomic mass is 32.2. The molecule has 1 amide bonds. The number of carbonyl (C=O) groups excluding carboxylic acids is 1. The van der Waals surface area contributed by atoms with Crippen molar-refractivity contribution in [3.05, 3.63) is 24.3 Å². The van der Waals surface area contributed by atoms with Crippen molar-refractivity contribution in [1.82, 2.24) is 19.6 Å². The smallest absolute Gasteiger partial charge is 0.220 e. The SMILES string of the molecule is CS(=O)(=O)N1CCCC(CNC(=O)CCc2cnccn2)C1. The van der Waals surface area contributed by atoms with Crippen LogP contribution in [0.3, 0.4) is 0 Å². The molecule has 1 aromatic rings. The minimum absolute atomic E-state index is 0.0397. The van der Waals surface area contributed by atoms with E-state index in [0.29, 0.717) is 32.5 Å². The van der Waals surface area contributed by atoms with Crippen molar-refractivity contribution < 1.29 is 13.2 Å². The van der Waals surface area contributed by atoms with E-state index >= 15 is 0 Å². The quantitative estimate of drug-likeness (QED) is 0.806. The maximum Gasteiger partial charge on any atom is 0.220 e. The molecule has 1 N–H and O–H groups in total. The van der Waals surface area contributed by atoms with Gasteiger partial charge in [-0.25, -0.2) is 12.7 Å². The van der Waals surface area contributed by atoms with Crippen LogP contribution in [0.15, 0.2) is 18.6 Å². The first-order chi connectivity index (χ1) is 10.4. The molecule has 0 bridgehead atoms. The Morgan fingerprint density at radius 3 is 2.95 bits per heavy atom. The summed E-state index contributed by atoms with van der Waals surface area (Å²) in [4.78, 5) is 19.9. The lowest BCUT2D eigenvalue weighted by atomic mass is 9.99. The number of rotatable bonds is 6. The summed E-state index contributed by atoms with van der Waals surface area (Å²) in [6.07, 6.45) is 8.78. The first kappa shape index (κ1) is 16.8. The summed E-state index contributed by atoms with van der Waals surface area (Å²) in [6, 6.07) is 0. The largest absolute Gasteiger partial charge is 0.356 e. The van der Waals surface area contributed by atoms with Crippen LogP contribution in [0, 0.1) is 5.92 Å². The van der Waals surface area contributed by atoms with Gasteiger partial charge in [0.05, 0.1) is 11.9 Å². The predicted octanol–water partition coefficient (Wildman–Crippen LogP) is 0.197. The van der Waals surface area contributed by atoms with Crippen LogP contribution < -0.4 is 5.32 Å². The van der Waals surface area contributed by atoms with Gasteiger partial charge in [-0.15, -0.1) is 0 Å². The Labute approximate surface area is 131 Å². The number of aryl methyl sites for hydroxylation is 1. The number of hydrogen-bond donors (Lipinski definition) is 1. The van der Waals surface area contributed by atoms with Gasteiger partial charge in [0.1, 0.15) is 0 Å². The third-order valence-corrected chi connectivity index (χ3v) is 5.03. The molecule has 0 spiro atoms. The van der Waals surface area contributed by atoms with Gasteiger partial charge in [0.2, 0.25) is 15.9 Å². The Morgan fingerprint density at radius 1 is 1.45 bits per heavy atom. The summed E-state index contributed by atoms with van der Waals surface area (Å²) in [7, 11) is -3.14. The molecule has 0 saturated carbocycles. The van der Waals surface area contributed by atoms with Crippen LogP contribution in [0.1, 0.15) is 25.0 Å². The molecule has 1 unspecified atom stereocenters. The Hall–Kier alpha value is -1.54. The molecule has 7 nitrogen and oxygen atoms in total. The molecule has 2 heterocycles. The standard InChI is InChI=1S/C14H22N4O3S/c1-22(20,21)18-8-2-3-12(11-18)9-17-14(19)5-4-13-10-15-6-7-16-13/h6-7,10,12H,2-5,8-9,11H2,1H3,(H,17,19). The Bertz CT molecular complexity index is 591. The zero-order valence-corrected chi connectivity index (χ0v) is 13.6. The zero-order chi connectivity index (χ0) is 16.0. The van der Waals surface area contributed by atoms with Crippen LogP contribution in [0.25, 0.3) is 0 Å². The minimum Gasteiger partial charge on any atom is -0.356 e. The van der Waals surface area contributed by atoms with E-state index in [4.69, 9.17) is 0 Å². The van der Waals surface area contributed by atoms with Gasteiger partial charge in [-0.1, -0.05) is 0 Å². The van der Waals surface area contributed by atoms with Crippen molar-refractivity contribution in [2.75, 3.05) is 25.9 Å².